The molecular formula is C22H36N2O2. The van der Waals surface area contributed by atoms with Crippen LogP contribution in [0, 0.1) is 29.1 Å². The van der Waals surface area contributed by atoms with Crippen LogP contribution < -0.4 is 0 Å². The Morgan fingerprint density at radius 1 is 1.00 bits per heavy atom. The molecule has 3 aliphatic heterocycles. The highest BCUT2D eigenvalue weighted by atomic mass is 16.5. The fourth-order valence-electron chi connectivity index (χ4n) is 4.77. The minimum atomic E-state index is -0.177. The van der Waals surface area contributed by atoms with Crippen molar-refractivity contribution in [1.82, 2.24) is 9.80 Å². The van der Waals surface area contributed by atoms with Crippen molar-refractivity contribution in [3.05, 3.63) is 0 Å². The third-order valence-electron chi connectivity index (χ3n) is 6.49. The molecule has 4 aliphatic rings. The zero-order valence-corrected chi connectivity index (χ0v) is 17.1. The lowest BCUT2D eigenvalue weighted by Gasteiger charge is -2.54. The van der Waals surface area contributed by atoms with Crippen molar-refractivity contribution >= 4 is 5.78 Å². The van der Waals surface area contributed by atoms with Gasteiger partial charge in [0, 0.05) is 44.6 Å². The number of piperazine rings is 1. The molecule has 0 N–H and O–H groups in total. The van der Waals surface area contributed by atoms with Crippen LogP contribution in [0.2, 0.25) is 0 Å². The van der Waals surface area contributed by atoms with Gasteiger partial charge < -0.3 is 4.74 Å². The number of nitrogens with zero attached hydrogens (tertiary/aromatic N) is 2. The average Bonchev–Trinajstić information content (AvgIpc) is 2.63. The molecule has 0 aromatic carbocycles. The lowest BCUT2D eigenvalue weighted by molar-refractivity contribution is -0.197. The summed E-state index contributed by atoms with van der Waals surface area (Å²) in [5, 5.41) is 0. The molecule has 0 aromatic heterocycles. The highest BCUT2D eigenvalue weighted by Crippen LogP contribution is 2.50. The predicted octanol–water partition coefficient (Wildman–Crippen LogP) is 2.82. The Balaban J connectivity index is 1.47. The van der Waals surface area contributed by atoms with Crippen LogP contribution in [0.15, 0.2) is 0 Å². The maximum absolute atomic E-state index is 12.6. The minimum Gasteiger partial charge on any atom is -0.373 e. The molecule has 0 unspecified atom stereocenters. The second kappa shape index (κ2) is 8.00. The molecule has 0 atom stereocenters. The van der Waals surface area contributed by atoms with Crippen LogP contribution in [-0.4, -0.2) is 67.1 Å². The summed E-state index contributed by atoms with van der Waals surface area (Å²) in [6, 6.07) is 0. The van der Waals surface area contributed by atoms with E-state index in [0.717, 1.165) is 65.0 Å². The smallest absolute Gasteiger partial charge is 0.143 e. The van der Waals surface area contributed by atoms with E-state index in [9.17, 15) is 4.79 Å². The first-order valence-electron chi connectivity index (χ1n) is 10.5. The Morgan fingerprint density at radius 2 is 1.62 bits per heavy atom. The largest absolute Gasteiger partial charge is 0.373 e. The van der Waals surface area contributed by atoms with E-state index in [4.69, 9.17) is 4.74 Å². The van der Waals surface area contributed by atoms with E-state index >= 15 is 0 Å². The number of hydrogen-bond acceptors (Lipinski definition) is 4. The van der Waals surface area contributed by atoms with Crippen LogP contribution in [0.4, 0.5) is 0 Å². The molecule has 0 aromatic rings. The van der Waals surface area contributed by atoms with E-state index in [2.05, 4.69) is 35.5 Å². The Hall–Kier alpha value is -0.890. The Bertz CT molecular complexity index is 540. The summed E-state index contributed by atoms with van der Waals surface area (Å²) in [6.45, 7) is 15.3. The van der Waals surface area contributed by atoms with Crippen LogP contribution in [0.1, 0.15) is 53.4 Å². The summed E-state index contributed by atoms with van der Waals surface area (Å²) in [6.07, 6.45) is 4.14. The number of ketones is 1. The Kier molecular flexibility index (Phi) is 6.11. The normalized spacial score (nSPS) is 32.7. The van der Waals surface area contributed by atoms with E-state index in [-0.39, 0.29) is 16.9 Å². The second-order valence-electron chi connectivity index (χ2n) is 9.30. The number of hydrogen-bond donors (Lipinski definition) is 0. The molecule has 4 rings (SSSR count). The quantitative estimate of drug-likeness (QED) is 0.706. The van der Waals surface area contributed by atoms with Crippen LogP contribution in [-0.2, 0) is 9.53 Å². The SMILES string of the molecule is CC(C)C#CCN1CCN(CC23CCC(C(=O)C(C)C)(CC2)CO3)CC1. The number of carbonyl (C=O) groups is 1. The van der Waals surface area contributed by atoms with Gasteiger partial charge in [0.1, 0.15) is 5.78 Å². The van der Waals surface area contributed by atoms with Gasteiger partial charge in [0.2, 0.25) is 0 Å². The van der Waals surface area contributed by atoms with Crippen molar-refractivity contribution in [2.45, 2.75) is 59.0 Å². The number of ether oxygens (including phenoxy) is 1. The summed E-state index contributed by atoms with van der Waals surface area (Å²) < 4.78 is 6.36. The van der Waals surface area contributed by atoms with Crippen LogP contribution in [0.5, 0.6) is 0 Å². The third kappa shape index (κ3) is 4.32. The molecule has 1 aliphatic carbocycles. The molecule has 0 radical (unpaired) electrons. The lowest BCUT2D eigenvalue weighted by Crippen LogP contribution is -2.60. The van der Waals surface area contributed by atoms with E-state index in [1.807, 2.05) is 13.8 Å². The van der Waals surface area contributed by atoms with Crippen molar-refractivity contribution in [1.29, 1.82) is 0 Å². The third-order valence-corrected chi connectivity index (χ3v) is 6.49. The first-order valence-corrected chi connectivity index (χ1v) is 10.5. The fraction of sp³-hybridized carbons (Fsp3) is 0.864. The predicted molar refractivity (Wildman–Crippen MR) is 105 cm³/mol. The van der Waals surface area contributed by atoms with Gasteiger partial charge in [0.25, 0.3) is 0 Å². The summed E-state index contributed by atoms with van der Waals surface area (Å²) in [4.78, 5) is 17.6. The zero-order chi connectivity index (χ0) is 18.8. The van der Waals surface area contributed by atoms with Gasteiger partial charge in [-0.1, -0.05) is 39.5 Å². The topological polar surface area (TPSA) is 32.8 Å². The maximum Gasteiger partial charge on any atom is 0.143 e. The van der Waals surface area contributed by atoms with E-state index in [0.29, 0.717) is 18.3 Å². The van der Waals surface area contributed by atoms with Crippen molar-refractivity contribution < 1.29 is 9.53 Å². The van der Waals surface area contributed by atoms with Gasteiger partial charge in [0.15, 0.2) is 0 Å². The fourth-order valence-corrected chi connectivity index (χ4v) is 4.77. The molecule has 4 nitrogen and oxygen atoms in total. The number of rotatable bonds is 5. The van der Waals surface area contributed by atoms with Gasteiger partial charge in [-0.2, -0.15) is 0 Å². The van der Waals surface area contributed by atoms with Crippen LogP contribution in [0.25, 0.3) is 0 Å². The van der Waals surface area contributed by atoms with Gasteiger partial charge in [-0.05, 0) is 25.7 Å². The van der Waals surface area contributed by atoms with Gasteiger partial charge in [-0.3, -0.25) is 14.6 Å². The molecule has 0 amide bonds. The molecule has 146 valence electrons. The summed E-state index contributed by atoms with van der Waals surface area (Å²) in [7, 11) is 0. The van der Waals surface area contributed by atoms with Crippen molar-refractivity contribution in [2.24, 2.45) is 17.3 Å². The average molecular weight is 361 g/mol. The van der Waals surface area contributed by atoms with E-state index < -0.39 is 0 Å². The van der Waals surface area contributed by atoms with Crippen molar-refractivity contribution in [3.63, 3.8) is 0 Å². The van der Waals surface area contributed by atoms with Crippen molar-refractivity contribution in [2.75, 3.05) is 45.9 Å². The number of Topliss-reactive ketones (excluding diaryl/α,β-unsaturated/α-hetero) is 1. The molecule has 4 fully saturated rings. The minimum absolute atomic E-state index is 0.00136. The first-order chi connectivity index (χ1) is 12.3. The van der Waals surface area contributed by atoms with Gasteiger partial charge in [-0.15, -0.1) is 0 Å². The zero-order valence-electron chi connectivity index (χ0n) is 17.1. The van der Waals surface area contributed by atoms with Gasteiger partial charge >= 0.3 is 0 Å². The first kappa shape index (κ1) is 19.9. The molecule has 3 heterocycles. The molecular weight excluding hydrogens is 324 g/mol. The summed E-state index contributed by atoms with van der Waals surface area (Å²) >= 11 is 0. The maximum atomic E-state index is 12.6. The Morgan fingerprint density at radius 3 is 2.12 bits per heavy atom. The van der Waals surface area contributed by atoms with Crippen LogP contribution in [0.3, 0.4) is 0 Å². The standard InChI is InChI=1S/C22H36N2O2/c1-18(2)6-5-11-23-12-14-24(15-13-23)16-22-9-7-21(8-10-22,17-26-22)20(25)19(3)4/h18-19H,7-17H2,1-4H3. The van der Waals surface area contributed by atoms with E-state index in [1.54, 1.807) is 0 Å². The number of fused-ring (bicyclic) bond motifs is 3. The second-order valence-corrected chi connectivity index (χ2v) is 9.30. The lowest BCUT2D eigenvalue weighted by atomic mass is 9.62. The van der Waals surface area contributed by atoms with Gasteiger partial charge in [0.05, 0.1) is 24.2 Å². The highest BCUT2D eigenvalue weighted by molar-refractivity contribution is 5.87. The summed E-state index contributed by atoms with van der Waals surface area (Å²) in [5.41, 5.74) is -0.178. The van der Waals surface area contributed by atoms with Crippen molar-refractivity contribution in [3.8, 4) is 11.8 Å². The highest BCUT2D eigenvalue weighted by Gasteiger charge is 2.53. The molecule has 3 saturated heterocycles. The van der Waals surface area contributed by atoms with Crippen LogP contribution >= 0.6 is 0 Å². The Labute approximate surface area is 159 Å². The number of carbonyl (C=O) groups excluding carboxylic acids is 1. The molecule has 26 heavy (non-hydrogen) atoms. The van der Waals surface area contributed by atoms with Gasteiger partial charge in [-0.25, -0.2) is 0 Å². The monoisotopic (exact) mass is 360 g/mol. The molecule has 4 heteroatoms. The molecule has 0 spiro atoms. The molecule has 2 bridgehead atoms. The summed E-state index contributed by atoms with van der Waals surface area (Å²) in [5.74, 6) is 7.56. The molecule has 1 saturated carbocycles. The van der Waals surface area contributed by atoms with E-state index in [1.165, 1.54) is 0 Å².